The van der Waals surface area contributed by atoms with Gasteiger partial charge in [-0.3, -0.25) is 0 Å². The monoisotopic (exact) mass is 256 g/mol. The van der Waals surface area contributed by atoms with E-state index in [-0.39, 0.29) is 11.1 Å². The Hall–Kier alpha value is -1.55. The summed E-state index contributed by atoms with van der Waals surface area (Å²) in [5, 5.41) is 18.5. The summed E-state index contributed by atoms with van der Waals surface area (Å²) < 4.78 is 0. The third-order valence-electron chi connectivity index (χ3n) is 2.62. The molecular formula is C12H13ClO4. The molecule has 0 atom stereocenters. The largest absolute Gasteiger partial charge is 0.478 e. The summed E-state index contributed by atoms with van der Waals surface area (Å²) in [4.78, 5) is 22.2. The highest BCUT2D eigenvalue weighted by molar-refractivity contribution is 6.33. The Bertz CT molecular complexity index is 480. The molecule has 4 nitrogen and oxygen atoms in total. The lowest BCUT2D eigenvalue weighted by molar-refractivity contribution is 0.0650. The van der Waals surface area contributed by atoms with Gasteiger partial charge in [0.25, 0.3) is 0 Å². The molecule has 0 bridgehead atoms. The van der Waals surface area contributed by atoms with E-state index in [9.17, 15) is 9.59 Å². The smallest absolute Gasteiger partial charge is 0.336 e. The highest BCUT2D eigenvalue weighted by Gasteiger charge is 2.23. The number of carboxylic acid groups (broad SMARTS) is 2. The molecule has 0 saturated heterocycles. The first-order chi connectivity index (χ1) is 7.93. The number of hydrogen-bond donors (Lipinski definition) is 2. The Morgan fingerprint density at radius 2 is 1.76 bits per heavy atom. The second kappa shape index (κ2) is 5.19. The average molecular weight is 257 g/mol. The number of halogens is 1. The zero-order valence-electron chi connectivity index (χ0n) is 9.58. The lowest BCUT2D eigenvalue weighted by Gasteiger charge is -2.13. The van der Waals surface area contributed by atoms with Crippen molar-refractivity contribution in [3.8, 4) is 0 Å². The molecule has 0 aliphatic heterocycles. The van der Waals surface area contributed by atoms with Gasteiger partial charge in [0.1, 0.15) is 0 Å². The maximum Gasteiger partial charge on any atom is 0.336 e. The van der Waals surface area contributed by atoms with Crippen LogP contribution in [-0.2, 0) is 12.8 Å². The van der Waals surface area contributed by atoms with Crippen LogP contribution in [0.25, 0.3) is 0 Å². The number of aromatic carboxylic acids is 2. The van der Waals surface area contributed by atoms with Crippen LogP contribution < -0.4 is 0 Å². The van der Waals surface area contributed by atoms with Gasteiger partial charge >= 0.3 is 11.9 Å². The molecule has 0 heterocycles. The molecule has 2 N–H and O–H groups in total. The van der Waals surface area contributed by atoms with Crippen LogP contribution in [0.4, 0.5) is 0 Å². The maximum absolute atomic E-state index is 11.1. The minimum absolute atomic E-state index is 0.199. The van der Waals surface area contributed by atoms with Crippen LogP contribution in [0.3, 0.4) is 0 Å². The summed E-state index contributed by atoms with van der Waals surface area (Å²) in [6, 6.07) is 1.34. The van der Waals surface area contributed by atoms with Gasteiger partial charge in [-0.15, -0.1) is 0 Å². The standard InChI is InChI=1S/C12H13ClO4/c1-3-6-5-8(11(14)15)9(12(16)17)7(4-2)10(6)13/h5H,3-4H2,1-2H3,(H,14,15)(H,16,17). The molecule has 17 heavy (non-hydrogen) atoms. The highest BCUT2D eigenvalue weighted by Crippen LogP contribution is 2.29. The van der Waals surface area contributed by atoms with E-state index in [1.54, 1.807) is 6.92 Å². The van der Waals surface area contributed by atoms with E-state index in [1.807, 2.05) is 6.92 Å². The maximum atomic E-state index is 11.1. The Morgan fingerprint density at radius 3 is 2.12 bits per heavy atom. The molecule has 0 saturated carbocycles. The number of hydrogen-bond acceptors (Lipinski definition) is 2. The third-order valence-corrected chi connectivity index (χ3v) is 3.09. The van der Waals surface area contributed by atoms with E-state index >= 15 is 0 Å². The van der Waals surface area contributed by atoms with Crippen LogP contribution in [0.1, 0.15) is 45.7 Å². The van der Waals surface area contributed by atoms with Crippen molar-refractivity contribution in [2.24, 2.45) is 0 Å². The van der Waals surface area contributed by atoms with Crippen molar-refractivity contribution in [3.63, 3.8) is 0 Å². The van der Waals surface area contributed by atoms with Crippen molar-refractivity contribution in [2.75, 3.05) is 0 Å². The highest BCUT2D eigenvalue weighted by atomic mass is 35.5. The van der Waals surface area contributed by atoms with Crippen LogP contribution in [-0.4, -0.2) is 22.2 Å². The molecule has 0 unspecified atom stereocenters. The minimum atomic E-state index is -1.26. The molecule has 1 aromatic carbocycles. The number of rotatable bonds is 4. The van der Waals surface area contributed by atoms with Crippen LogP contribution in [0.2, 0.25) is 5.02 Å². The lowest BCUT2D eigenvalue weighted by atomic mass is 9.95. The first kappa shape index (κ1) is 13.5. The minimum Gasteiger partial charge on any atom is -0.478 e. The third kappa shape index (κ3) is 2.42. The normalized spacial score (nSPS) is 10.3. The molecular weight excluding hydrogens is 244 g/mol. The summed E-state index contributed by atoms with van der Waals surface area (Å²) in [5.41, 5.74) is 0.639. The van der Waals surface area contributed by atoms with Crippen molar-refractivity contribution in [3.05, 3.63) is 33.3 Å². The van der Waals surface area contributed by atoms with E-state index in [1.165, 1.54) is 6.07 Å². The second-order valence-electron chi connectivity index (χ2n) is 3.57. The Morgan fingerprint density at radius 1 is 1.18 bits per heavy atom. The van der Waals surface area contributed by atoms with Crippen LogP contribution in [0.15, 0.2) is 6.07 Å². The molecule has 0 radical (unpaired) electrons. The first-order valence-electron chi connectivity index (χ1n) is 5.24. The lowest BCUT2D eigenvalue weighted by Crippen LogP contribution is -2.13. The van der Waals surface area contributed by atoms with E-state index in [4.69, 9.17) is 21.8 Å². The van der Waals surface area contributed by atoms with Gasteiger partial charge in [0.2, 0.25) is 0 Å². The molecule has 1 aromatic rings. The van der Waals surface area contributed by atoms with Gasteiger partial charge in [-0.25, -0.2) is 9.59 Å². The number of carboxylic acids is 2. The summed E-state index contributed by atoms with van der Waals surface area (Å²) >= 11 is 6.08. The Balaban J connectivity index is 3.70. The zero-order chi connectivity index (χ0) is 13.2. The zero-order valence-corrected chi connectivity index (χ0v) is 10.3. The average Bonchev–Trinajstić information content (AvgIpc) is 2.27. The molecule has 0 spiro atoms. The quantitative estimate of drug-likeness (QED) is 0.869. The summed E-state index contributed by atoms with van der Waals surface area (Å²) in [7, 11) is 0. The van der Waals surface area contributed by atoms with Crippen molar-refractivity contribution >= 4 is 23.5 Å². The SMILES string of the molecule is CCc1cc(C(=O)O)c(C(=O)O)c(CC)c1Cl. The fraction of sp³-hybridized carbons (Fsp3) is 0.333. The molecule has 0 aliphatic rings. The number of carbonyl (C=O) groups is 2. The van der Waals surface area contributed by atoms with Crippen molar-refractivity contribution in [1.82, 2.24) is 0 Å². The molecule has 5 heteroatoms. The van der Waals surface area contributed by atoms with E-state index < -0.39 is 11.9 Å². The molecule has 0 aromatic heterocycles. The predicted octanol–water partition coefficient (Wildman–Crippen LogP) is 2.86. The fourth-order valence-corrected chi connectivity index (χ4v) is 2.19. The topological polar surface area (TPSA) is 74.6 Å². The molecule has 92 valence electrons. The Labute approximate surface area is 104 Å². The van der Waals surface area contributed by atoms with Gasteiger partial charge in [0, 0.05) is 5.02 Å². The van der Waals surface area contributed by atoms with Crippen molar-refractivity contribution in [1.29, 1.82) is 0 Å². The number of benzene rings is 1. The first-order valence-corrected chi connectivity index (χ1v) is 5.62. The summed E-state index contributed by atoms with van der Waals surface area (Å²) in [6.45, 7) is 3.59. The predicted molar refractivity (Wildman–Crippen MR) is 64.1 cm³/mol. The van der Waals surface area contributed by atoms with Gasteiger partial charge in [-0.05, 0) is 30.0 Å². The van der Waals surface area contributed by atoms with E-state index in [2.05, 4.69) is 0 Å². The summed E-state index contributed by atoms with van der Waals surface area (Å²) in [6.07, 6.45) is 0.945. The fourth-order valence-electron chi connectivity index (χ4n) is 1.78. The van der Waals surface area contributed by atoms with Crippen LogP contribution >= 0.6 is 11.6 Å². The van der Waals surface area contributed by atoms with Gasteiger partial charge < -0.3 is 10.2 Å². The molecule has 0 fully saturated rings. The van der Waals surface area contributed by atoms with Gasteiger partial charge in [0.15, 0.2) is 0 Å². The van der Waals surface area contributed by atoms with Gasteiger partial charge in [0.05, 0.1) is 11.1 Å². The van der Waals surface area contributed by atoms with E-state index in [0.717, 1.165) is 0 Å². The Kier molecular flexibility index (Phi) is 4.12. The van der Waals surface area contributed by atoms with E-state index in [0.29, 0.717) is 29.0 Å². The van der Waals surface area contributed by atoms with Gasteiger partial charge in [-0.1, -0.05) is 25.4 Å². The van der Waals surface area contributed by atoms with Crippen molar-refractivity contribution in [2.45, 2.75) is 26.7 Å². The second-order valence-corrected chi connectivity index (χ2v) is 3.95. The molecule has 1 rings (SSSR count). The molecule has 0 aliphatic carbocycles. The van der Waals surface area contributed by atoms with Crippen LogP contribution in [0.5, 0.6) is 0 Å². The summed E-state index contributed by atoms with van der Waals surface area (Å²) in [5.74, 6) is -2.51. The number of aryl methyl sites for hydroxylation is 1. The van der Waals surface area contributed by atoms with Crippen molar-refractivity contribution < 1.29 is 19.8 Å². The van der Waals surface area contributed by atoms with Gasteiger partial charge in [-0.2, -0.15) is 0 Å². The van der Waals surface area contributed by atoms with Crippen LogP contribution in [0, 0.1) is 0 Å². The molecule has 0 amide bonds.